The molecule has 3 nitrogen and oxygen atoms in total. The van der Waals surface area contributed by atoms with Gasteiger partial charge in [0.15, 0.2) is 0 Å². The molecule has 0 bridgehead atoms. The molecule has 0 heterocycles. The van der Waals surface area contributed by atoms with E-state index >= 15 is 0 Å². The molecule has 1 atom stereocenters. The second-order valence-electron chi connectivity index (χ2n) is 4.72. The van der Waals surface area contributed by atoms with Crippen LogP contribution >= 0.6 is 0 Å². The van der Waals surface area contributed by atoms with Gasteiger partial charge in [-0.1, -0.05) is 57.2 Å². The summed E-state index contributed by atoms with van der Waals surface area (Å²) in [6.07, 6.45) is 6.34. The number of nitrogens with two attached hydrogens (primary N) is 1. The van der Waals surface area contributed by atoms with E-state index in [1.165, 1.54) is 19.3 Å². The molecule has 1 rings (SSSR count). The summed E-state index contributed by atoms with van der Waals surface area (Å²) < 4.78 is 0. The Hall–Kier alpha value is -1.51. The van der Waals surface area contributed by atoms with Gasteiger partial charge in [0.2, 0.25) is 0 Å². The third-order valence-corrected chi connectivity index (χ3v) is 3.27. The summed E-state index contributed by atoms with van der Waals surface area (Å²) in [5.41, 5.74) is 7.18. The highest BCUT2D eigenvalue weighted by molar-refractivity contribution is 5.78. The zero-order chi connectivity index (χ0) is 13.4. The van der Waals surface area contributed by atoms with Crippen molar-refractivity contribution in [3.05, 3.63) is 29.8 Å². The van der Waals surface area contributed by atoms with Crippen molar-refractivity contribution in [3.63, 3.8) is 0 Å². The summed E-state index contributed by atoms with van der Waals surface area (Å²) in [6.45, 7) is 2.17. The number of aliphatic carboxylic acids is 1. The molecule has 0 fully saturated rings. The predicted molar refractivity (Wildman–Crippen MR) is 74.6 cm³/mol. The smallest absolute Gasteiger partial charge is 0.311 e. The SMILES string of the molecule is CCCCCCCC(C(=O)O)c1ccccc1N. The molecule has 0 radical (unpaired) electrons. The minimum atomic E-state index is -0.775. The number of carboxylic acid groups (broad SMARTS) is 1. The maximum Gasteiger partial charge on any atom is 0.311 e. The van der Waals surface area contributed by atoms with E-state index in [4.69, 9.17) is 5.73 Å². The molecule has 18 heavy (non-hydrogen) atoms. The van der Waals surface area contributed by atoms with Gasteiger partial charge in [-0.2, -0.15) is 0 Å². The molecule has 100 valence electrons. The minimum Gasteiger partial charge on any atom is -0.481 e. The first-order valence-corrected chi connectivity index (χ1v) is 6.74. The van der Waals surface area contributed by atoms with Crippen molar-refractivity contribution in [3.8, 4) is 0 Å². The van der Waals surface area contributed by atoms with Gasteiger partial charge >= 0.3 is 5.97 Å². The van der Waals surface area contributed by atoms with E-state index in [0.717, 1.165) is 18.4 Å². The molecule has 0 saturated carbocycles. The van der Waals surface area contributed by atoms with Crippen LogP contribution in [0, 0.1) is 0 Å². The number of carboxylic acids is 1. The van der Waals surface area contributed by atoms with E-state index in [2.05, 4.69) is 6.92 Å². The van der Waals surface area contributed by atoms with Gasteiger partial charge < -0.3 is 10.8 Å². The maximum absolute atomic E-state index is 11.3. The van der Waals surface area contributed by atoms with Crippen LogP contribution in [-0.4, -0.2) is 11.1 Å². The average molecular weight is 249 g/mol. The first-order chi connectivity index (χ1) is 8.66. The van der Waals surface area contributed by atoms with Crippen LogP contribution in [0.2, 0.25) is 0 Å². The van der Waals surface area contributed by atoms with E-state index in [9.17, 15) is 9.90 Å². The number of rotatable bonds is 8. The Morgan fingerprint density at radius 3 is 2.50 bits per heavy atom. The van der Waals surface area contributed by atoms with Crippen LogP contribution in [0.25, 0.3) is 0 Å². The molecule has 0 saturated heterocycles. The van der Waals surface area contributed by atoms with Gasteiger partial charge in [-0.25, -0.2) is 0 Å². The fraction of sp³-hybridized carbons (Fsp3) is 0.533. The summed E-state index contributed by atoms with van der Waals surface area (Å²) in [6, 6.07) is 7.26. The zero-order valence-corrected chi connectivity index (χ0v) is 11.1. The lowest BCUT2D eigenvalue weighted by atomic mass is 9.92. The first kappa shape index (κ1) is 14.6. The first-order valence-electron chi connectivity index (χ1n) is 6.74. The van der Waals surface area contributed by atoms with Crippen molar-refractivity contribution in [1.29, 1.82) is 0 Å². The predicted octanol–water partition coefficient (Wildman–Crippen LogP) is 3.80. The fourth-order valence-corrected chi connectivity index (χ4v) is 2.19. The Morgan fingerprint density at radius 1 is 1.22 bits per heavy atom. The van der Waals surface area contributed by atoms with E-state index in [0.29, 0.717) is 12.1 Å². The molecule has 0 aliphatic rings. The third kappa shape index (κ3) is 4.40. The molecule has 0 aliphatic carbocycles. The molecule has 3 N–H and O–H groups in total. The van der Waals surface area contributed by atoms with E-state index < -0.39 is 11.9 Å². The van der Waals surface area contributed by atoms with Gasteiger partial charge in [0.05, 0.1) is 5.92 Å². The monoisotopic (exact) mass is 249 g/mol. The number of carbonyl (C=O) groups is 1. The summed E-state index contributed by atoms with van der Waals surface area (Å²) in [5.74, 6) is -1.24. The minimum absolute atomic E-state index is 0.465. The quantitative estimate of drug-likeness (QED) is 0.544. The highest BCUT2D eigenvalue weighted by atomic mass is 16.4. The van der Waals surface area contributed by atoms with Crippen LogP contribution in [0.3, 0.4) is 0 Å². The second-order valence-corrected chi connectivity index (χ2v) is 4.72. The lowest BCUT2D eigenvalue weighted by Crippen LogP contribution is -2.13. The lowest BCUT2D eigenvalue weighted by molar-refractivity contribution is -0.139. The van der Waals surface area contributed by atoms with Gasteiger partial charge in [-0.15, -0.1) is 0 Å². The Labute approximate surface area is 109 Å². The summed E-state index contributed by atoms with van der Waals surface area (Å²) >= 11 is 0. The average Bonchev–Trinajstić information content (AvgIpc) is 2.35. The van der Waals surface area contributed by atoms with Crippen LogP contribution < -0.4 is 5.73 Å². The standard InChI is InChI=1S/C15H23NO2/c1-2-3-4-5-6-10-13(15(17)18)12-9-7-8-11-14(12)16/h7-9,11,13H,2-6,10,16H2,1H3,(H,17,18). The van der Waals surface area contributed by atoms with Crippen LogP contribution in [0.15, 0.2) is 24.3 Å². The maximum atomic E-state index is 11.3. The fourth-order valence-electron chi connectivity index (χ4n) is 2.19. The molecule has 1 aromatic rings. The number of para-hydroxylation sites is 1. The van der Waals surface area contributed by atoms with Crippen molar-refractivity contribution in [1.82, 2.24) is 0 Å². The number of hydrogen-bond donors (Lipinski definition) is 2. The number of anilines is 1. The van der Waals surface area contributed by atoms with Crippen molar-refractivity contribution in [2.24, 2.45) is 0 Å². The number of benzene rings is 1. The third-order valence-electron chi connectivity index (χ3n) is 3.27. The highest BCUT2D eigenvalue weighted by Crippen LogP contribution is 2.27. The Balaban J connectivity index is 2.56. The molecule has 0 aliphatic heterocycles. The topological polar surface area (TPSA) is 63.3 Å². The Morgan fingerprint density at radius 2 is 1.89 bits per heavy atom. The zero-order valence-electron chi connectivity index (χ0n) is 11.1. The molecule has 0 aromatic heterocycles. The Kier molecular flexibility index (Phi) is 6.26. The largest absolute Gasteiger partial charge is 0.481 e. The molecular formula is C15H23NO2. The molecule has 0 amide bonds. The van der Waals surface area contributed by atoms with Crippen molar-refractivity contribution in [2.45, 2.75) is 51.4 Å². The van der Waals surface area contributed by atoms with Crippen molar-refractivity contribution in [2.75, 3.05) is 5.73 Å². The normalized spacial score (nSPS) is 12.3. The van der Waals surface area contributed by atoms with Crippen LogP contribution in [0.1, 0.15) is 56.9 Å². The van der Waals surface area contributed by atoms with Gasteiger partial charge in [-0.3, -0.25) is 4.79 Å². The number of nitrogen functional groups attached to an aromatic ring is 1. The number of hydrogen-bond acceptors (Lipinski definition) is 2. The van der Waals surface area contributed by atoms with Crippen LogP contribution in [-0.2, 0) is 4.79 Å². The molecule has 0 spiro atoms. The van der Waals surface area contributed by atoms with Gasteiger partial charge in [0.25, 0.3) is 0 Å². The summed E-state index contributed by atoms with van der Waals surface area (Å²) in [7, 11) is 0. The van der Waals surface area contributed by atoms with Crippen molar-refractivity contribution < 1.29 is 9.90 Å². The van der Waals surface area contributed by atoms with Crippen LogP contribution in [0.4, 0.5) is 5.69 Å². The van der Waals surface area contributed by atoms with Gasteiger partial charge in [0, 0.05) is 5.69 Å². The highest BCUT2D eigenvalue weighted by Gasteiger charge is 2.20. The van der Waals surface area contributed by atoms with Crippen molar-refractivity contribution >= 4 is 11.7 Å². The van der Waals surface area contributed by atoms with E-state index in [-0.39, 0.29) is 0 Å². The van der Waals surface area contributed by atoms with Gasteiger partial charge in [-0.05, 0) is 18.1 Å². The molecular weight excluding hydrogens is 226 g/mol. The molecule has 3 heteroatoms. The van der Waals surface area contributed by atoms with E-state index in [1.807, 2.05) is 18.2 Å². The molecule has 1 unspecified atom stereocenters. The lowest BCUT2D eigenvalue weighted by Gasteiger charge is -2.14. The summed E-state index contributed by atoms with van der Waals surface area (Å²) in [4.78, 5) is 11.3. The van der Waals surface area contributed by atoms with Crippen LogP contribution in [0.5, 0.6) is 0 Å². The molecule has 1 aromatic carbocycles. The van der Waals surface area contributed by atoms with E-state index in [1.54, 1.807) is 6.07 Å². The summed E-state index contributed by atoms with van der Waals surface area (Å²) in [5, 5.41) is 9.30. The van der Waals surface area contributed by atoms with Gasteiger partial charge in [0.1, 0.15) is 0 Å². The number of unbranched alkanes of at least 4 members (excludes halogenated alkanes) is 4. The second kappa shape index (κ2) is 7.75. The Bertz CT molecular complexity index is 377.